The van der Waals surface area contributed by atoms with E-state index in [1.807, 2.05) is 6.07 Å². The lowest BCUT2D eigenvalue weighted by Crippen LogP contribution is -2.59. The Morgan fingerprint density at radius 1 is 1.50 bits per heavy atom. The Balaban J connectivity index is 2.27. The molecule has 14 heavy (non-hydrogen) atoms. The zero-order valence-corrected chi connectivity index (χ0v) is 8.22. The van der Waals surface area contributed by atoms with Gasteiger partial charge in [-0.25, -0.2) is 4.39 Å². The first-order valence-corrected chi connectivity index (χ1v) is 4.73. The fourth-order valence-electron chi connectivity index (χ4n) is 1.91. The van der Waals surface area contributed by atoms with E-state index in [0.717, 1.165) is 18.7 Å². The van der Waals surface area contributed by atoms with Crippen LogP contribution in [-0.2, 0) is 10.2 Å². The first-order chi connectivity index (χ1) is 6.77. The minimum atomic E-state index is -0.176. The predicted molar refractivity (Wildman–Crippen MR) is 52.8 cm³/mol. The van der Waals surface area contributed by atoms with Crippen LogP contribution in [0.4, 0.5) is 4.39 Å². The zero-order valence-electron chi connectivity index (χ0n) is 8.22. The first kappa shape index (κ1) is 9.62. The Bertz CT molecular complexity index is 323. The van der Waals surface area contributed by atoms with Crippen LogP contribution >= 0.6 is 0 Å². The summed E-state index contributed by atoms with van der Waals surface area (Å²) < 4.78 is 18.2. The maximum absolute atomic E-state index is 13.0. The fourth-order valence-corrected chi connectivity index (χ4v) is 1.91. The molecule has 0 saturated carbocycles. The van der Waals surface area contributed by atoms with Crippen LogP contribution in [0.15, 0.2) is 24.3 Å². The molecule has 1 aromatic carbocycles. The van der Waals surface area contributed by atoms with Crippen molar-refractivity contribution < 1.29 is 9.13 Å². The van der Waals surface area contributed by atoms with Gasteiger partial charge in [-0.15, -0.1) is 0 Å². The molecule has 1 fully saturated rings. The molecule has 1 aliphatic rings. The van der Waals surface area contributed by atoms with Gasteiger partial charge in [-0.05, 0) is 17.7 Å². The van der Waals surface area contributed by atoms with E-state index >= 15 is 0 Å². The van der Waals surface area contributed by atoms with Gasteiger partial charge in [0, 0.05) is 25.6 Å². The first-order valence-electron chi connectivity index (χ1n) is 4.73. The highest BCUT2D eigenvalue weighted by atomic mass is 19.1. The summed E-state index contributed by atoms with van der Waals surface area (Å²) in [5, 5.41) is 3.20. The van der Waals surface area contributed by atoms with E-state index in [1.165, 1.54) is 6.07 Å². The number of hydrogen-bond acceptors (Lipinski definition) is 2. The van der Waals surface area contributed by atoms with Crippen LogP contribution in [0.25, 0.3) is 0 Å². The lowest BCUT2D eigenvalue weighted by atomic mass is 9.76. The van der Waals surface area contributed by atoms with Gasteiger partial charge in [-0.1, -0.05) is 12.1 Å². The van der Waals surface area contributed by atoms with Crippen LogP contribution in [0.3, 0.4) is 0 Å². The fraction of sp³-hybridized carbons (Fsp3) is 0.455. The molecular formula is C11H14FNO. The minimum Gasteiger partial charge on any atom is -0.384 e. The molecule has 0 spiro atoms. The molecule has 2 nitrogen and oxygen atoms in total. The van der Waals surface area contributed by atoms with Gasteiger partial charge >= 0.3 is 0 Å². The number of ether oxygens (including phenoxy) is 1. The van der Waals surface area contributed by atoms with Gasteiger partial charge < -0.3 is 10.1 Å². The lowest BCUT2D eigenvalue weighted by molar-refractivity contribution is 0.0945. The van der Waals surface area contributed by atoms with Crippen molar-refractivity contribution in [1.29, 1.82) is 0 Å². The van der Waals surface area contributed by atoms with Crippen molar-refractivity contribution in [3.63, 3.8) is 0 Å². The third-order valence-electron chi connectivity index (χ3n) is 2.78. The average molecular weight is 195 g/mol. The summed E-state index contributed by atoms with van der Waals surface area (Å²) in [7, 11) is 1.68. The third-order valence-corrected chi connectivity index (χ3v) is 2.78. The number of hydrogen-bond donors (Lipinski definition) is 1. The van der Waals surface area contributed by atoms with Gasteiger partial charge in [0.1, 0.15) is 5.82 Å². The SMILES string of the molecule is COCC1(c2cccc(F)c2)CNC1. The average Bonchev–Trinajstić information content (AvgIpc) is 2.11. The van der Waals surface area contributed by atoms with Gasteiger partial charge in [0.2, 0.25) is 0 Å². The van der Waals surface area contributed by atoms with E-state index < -0.39 is 0 Å². The molecule has 0 aromatic heterocycles. The quantitative estimate of drug-likeness (QED) is 0.785. The molecule has 0 atom stereocenters. The molecule has 76 valence electrons. The Labute approximate surface area is 83.1 Å². The minimum absolute atomic E-state index is 0.0170. The van der Waals surface area contributed by atoms with E-state index in [0.29, 0.717) is 6.61 Å². The van der Waals surface area contributed by atoms with E-state index in [2.05, 4.69) is 5.32 Å². The van der Waals surface area contributed by atoms with Crippen LogP contribution in [0.2, 0.25) is 0 Å². The van der Waals surface area contributed by atoms with Crippen LogP contribution in [-0.4, -0.2) is 26.8 Å². The second kappa shape index (κ2) is 3.67. The molecule has 0 bridgehead atoms. The Kier molecular flexibility index (Phi) is 2.52. The zero-order chi connectivity index (χ0) is 10.0. The smallest absolute Gasteiger partial charge is 0.123 e. The summed E-state index contributed by atoms with van der Waals surface area (Å²) in [4.78, 5) is 0. The van der Waals surface area contributed by atoms with Gasteiger partial charge in [-0.3, -0.25) is 0 Å². The van der Waals surface area contributed by atoms with Crippen LogP contribution in [0, 0.1) is 5.82 Å². The Morgan fingerprint density at radius 3 is 2.79 bits per heavy atom. The van der Waals surface area contributed by atoms with Crippen molar-refractivity contribution >= 4 is 0 Å². The molecule has 1 aliphatic heterocycles. The van der Waals surface area contributed by atoms with E-state index in [1.54, 1.807) is 19.2 Å². The number of halogens is 1. The molecule has 0 aliphatic carbocycles. The maximum atomic E-state index is 13.0. The van der Waals surface area contributed by atoms with Crippen molar-refractivity contribution in [1.82, 2.24) is 5.32 Å². The van der Waals surface area contributed by atoms with Gasteiger partial charge in [-0.2, -0.15) is 0 Å². The van der Waals surface area contributed by atoms with Crippen molar-refractivity contribution in [3.8, 4) is 0 Å². The number of methoxy groups -OCH3 is 1. The summed E-state index contributed by atoms with van der Waals surface area (Å²) in [5.74, 6) is -0.176. The highest BCUT2D eigenvalue weighted by Crippen LogP contribution is 2.29. The second-order valence-corrected chi connectivity index (χ2v) is 3.83. The summed E-state index contributed by atoms with van der Waals surface area (Å²) in [6.07, 6.45) is 0. The maximum Gasteiger partial charge on any atom is 0.123 e. The monoisotopic (exact) mass is 195 g/mol. The van der Waals surface area contributed by atoms with Crippen molar-refractivity contribution in [3.05, 3.63) is 35.6 Å². The van der Waals surface area contributed by atoms with Crippen LogP contribution in [0.5, 0.6) is 0 Å². The van der Waals surface area contributed by atoms with Crippen LogP contribution in [0.1, 0.15) is 5.56 Å². The summed E-state index contributed by atoms with van der Waals surface area (Å²) in [5.41, 5.74) is 1.01. The normalized spacial score (nSPS) is 19.0. The van der Waals surface area contributed by atoms with Gasteiger partial charge in [0.05, 0.1) is 6.61 Å². The predicted octanol–water partition coefficient (Wildman–Crippen LogP) is 1.31. The van der Waals surface area contributed by atoms with Crippen molar-refractivity contribution in [2.24, 2.45) is 0 Å². The molecule has 1 heterocycles. The number of rotatable bonds is 3. The Morgan fingerprint density at radius 2 is 2.29 bits per heavy atom. The van der Waals surface area contributed by atoms with Gasteiger partial charge in [0.15, 0.2) is 0 Å². The number of benzene rings is 1. The molecule has 1 saturated heterocycles. The van der Waals surface area contributed by atoms with E-state index in [-0.39, 0.29) is 11.2 Å². The molecular weight excluding hydrogens is 181 g/mol. The highest BCUT2D eigenvalue weighted by molar-refractivity contribution is 5.30. The van der Waals surface area contributed by atoms with E-state index in [4.69, 9.17) is 4.74 Å². The van der Waals surface area contributed by atoms with Gasteiger partial charge in [0.25, 0.3) is 0 Å². The number of nitrogens with one attached hydrogen (secondary N) is 1. The topological polar surface area (TPSA) is 21.3 Å². The highest BCUT2D eigenvalue weighted by Gasteiger charge is 2.38. The summed E-state index contributed by atoms with van der Waals surface area (Å²) >= 11 is 0. The molecule has 1 N–H and O–H groups in total. The summed E-state index contributed by atoms with van der Waals surface area (Å²) in [6, 6.07) is 6.78. The Hall–Kier alpha value is -0.930. The second-order valence-electron chi connectivity index (χ2n) is 3.83. The molecule has 0 unspecified atom stereocenters. The van der Waals surface area contributed by atoms with Crippen LogP contribution < -0.4 is 5.32 Å². The standard InChI is InChI=1S/C11H14FNO/c1-14-8-11(6-13-7-11)9-3-2-4-10(12)5-9/h2-5,13H,6-8H2,1H3. The molecule has 1 aromatic rings. The summed E-state index contributed by atoms with van der Waals surface area (Å²) in [6.45, 7) is 2.37. The molecule has 0 amide bonds. The molecule has 3 heteroatoms. The lowest BCUT2D eigenvalue weighted by Gasteiger charge is -2.42. The molecule has 2 rings (SSSR count). The van der Waals surface area contributed by atoms with E-state index in [9.17, 15) is 4.39 Å². The molecule has 0 radical (unpaired) electrons. The van der Waals surface area contributed by atoms with Crippen molar-refractivity contribution in [2.45, 2.75) is 5.41 Å². The third kappa shape index (κ3) is 1.53. The van der Waals surface area contributed by atoms with Crippen molar-refractivity contribution in [2.75, 3.05) is 26.8 Å². The largest absolute Gasteiger partial charge is 0.384 e.